The second kappa shape index (κ2) is 11.4. The first-order chi connectivity index (χ1) is 17.4. The summed E-state index contributed by atoms with van der Waals surface area (Å²) in [7, 11) is 8.70. The molecule has 0 aliphatic carbocycles. The molecule has 0 aromatic heterocycles. The molecule has 0 bridgehead atoms. The molecule has 7 heteroatoms. The summed E-state index contributed by atoms with van der Waals surface area (Å²) in [6, 6.07) is 20.5. The Balaban J connectivity index is 1.58. The maximum absolute atomic E-state index is 13.3. The Morgan fingerprint density at radius 1 is 0.944 bits per heavy atom. The number of benzene rings is 3. The van der Waals surface area contributed by atoms with Gasteiger partial charge in [-0.2, -0.15) is 0 Å². The summed E-state index contributed by atoms with van der Waals surface area (Å²) in [5.74, 6) is 1.17. The van der Waals surface area contributed by atoms with Gasteiger partial charge in [-0.15, -0.1) is 0 Å². The lowest BCUT2D eigenvalue weighted by atomic mass is 9.96. The van der Waals surface area contributed by atoms with Crippen LogP contribution in [0.25, 0.3) is 0 Å². The minimum absolute atomic E-state index is 0.0283. The quantitative estimate of drug-likeness (QED) is 0.483. The summed E-state index contributed by atoms with van der Waals surface area (Å²) in [6.07, 6.45) is 0.989. The average molecular weight is 490 g/mol. The number of amides is 1. The van der Waals surface area contributed by atoms with E-state index >= 15 is 0 Å². The van der Waals surface area contributed by atoms with E-state index in [-0.39, 0.29) is 11.9 Å². The van der Waals surface area contributed by atoms with E-state index < -0.39 is 0 Å². The number of rotatable bonds is 9. The van der Waals surface area contributed by atoms with Gasteiger partial charge >= 0.3 is 0 Å². The van der Waals surface area contributed by atoms with Crippen LogP contribution in [0, 0.1) is 0 Å². The molecule has 3 aromatic rings. The van der Waals surface area contributed by atoms with Crippen LogP contribution in [0.4, 0.5) is 5.69 Å². The Labute approximate surface area is 213 Å². The van der Waals surface area contributed by atoms with Crippen molar-refractivity contribution in [1.29, 1.82) is 0 Å². The van der Waals surface area contributed by atoms with Gasteiger partial charge in [0.15, 0.2) is 11.5 Å². The number of hydrogen-bond donors (Lipinski definition) is 1. The van der Waals surface area contributed by atoms with E-state index in [4.69, 9.17) is 14.2 Å². The van der Waals surface area contributed by atoms with Crippen LogP contribution in [-0.2, 0) is 13.0 Å². The van der Waals surface area contributed by atoms with E-state index in [1.54, 1.807) is 33.5 Å². The minimum atomic E-state index is -0.193. The number of nitrogens with zero attached hydrogens (tertiary/aromatic N) is 2. The molecule has 0 radical (unpaired) electrons. The molecular weight excluding hydrogens is 454 g/mol. The standard InChI is InChI=1S/C29H35N3O4/c1-31(2)24-12-10-21(11-13-24)25(32-15-14-20-8-6-7-9-22(20)19-32)18-30-29(33)23-16-26(34-3)28(36-5)27(17-23)35-4/h6-13,16-17,25H,14-15,18-19H2,1-5H3,(H,30,33)/t25-/m1/s1. The van der Waals surface area contributed by atoms with E-state index in [0.29, 0.717) is 29.4 Å². The number of carbonyl (C=O) groups is 1. The molecular formula is C29H35N3O4. The van der Waals surface area contributed by atoms with Crippen LogP contribution in [-0.4, -0.2) is 59.3 Å². The predicted octanol–water partition coefficient (Wildman–Crippen LogP) is 4.31. The van der Waals surface area contributed by atoms with Crippen molar-refractivity contribution in [2.24, 2.45) is 0 Å². The van der Waals surface area contributed by atoms with Crippen LogP contribution in [0.2, 0.25) is 0 Å². The number of ether oxygens (including phenoxy) is 3. The fourth-order valence-corrected chi connectivity index (χ4v) is 4.74. The Hall–Kier alpha value is -3.71. The molecule has 3 aromatic carbocycles. The number of nitrogens with one attached hydrogen (secondary N) is 1. The molecule has 1 aliphatic rings. The highest BCUT2D eigenvalue weighted by Crippen LogP contribution is 2.38. The van der Waals surface area contributed by atoms with Gasteiger partial charge in [-0.25, -0.2) is 0 Å². The molecule has 1 aliphatic heterocycles. The zero-order valence-electron chi connectivity index (χ0n) is 21.7. The summed E-state index contributed by atoms with van der Waals surface area (Å²) in [6.45, 7) is 2.24. The topological polar surface area (TPSA) is 63.3 Å². The third kappa shape index (κ3) is 5.41. The van der Waals surface area contributed by atoms with Crippen molar-refractivity contribution >= 4 is 11.6 Å². The first kappa shape index (κ1) is 25.4. The van der Waals surface area contributed by atoms with Crippen LogP contribution in [0.15, 0.2) is 60.7 Å². The number of methoxy groups -OCH3 is 3. The van der Waals surface area contributed by atoms with Gasteiger partial charge < -0.3 is 24.4 Å². The highest BCUT2D eigenvalue weighted by Gasteiger charge is 2.26. The van der Waals surface area contributed by atoms with Gasteiger partial charge in [-0.1, -0.05) is 36.4 Å². The second-order valence-electron chi connectivity index (χ2n) is 9.11. The third-order valence-corrected chi connectivity index (χ3v) is 6.78. The van der Waals surface area contributed by atoms with Crippen molar-refractivity contribution in [2.75, 3.05) is 53.4 Å². The SMILES string of the molecule is COc1cc(C(=O)NC[C@H](c2ccc(N(C)C)cc2)N2CCc3ccccc3C2)cc(OC)c1OC. The van der Waals surface area contributed by atoms with E-state index in [1.165, 1.54) is 16.7 Å². The van der Waals surface area contributed by atoms with Gasteiger partial charge in [0.05, 0.1) is 27.4 Å². The maximum Gasteiger partial charge on any atom is 0.251 e. The van der Waals surface area contributed by atoms with Crippen molar-refractivity contribution in [2.45, 2.75) is 19.0 Å². The van der Waals surface area contributed by atoms with E-state index in [2.05, 4.69) is 63.6 Å². The van der Waals surface area contributed by atoms with Gasteiger partial charge in [0.25, 0.3) is 5.91 Å². The number of anilines is 1. The van der Waals surface area contributed by atoms with Crippen LogP contribution >= 0.6 is 0 Å². The smallest absolute Gasteiger partial charge is 0.251 e. The summed E-state index contributed by atoms with van der Waals surface area (Å²) in [4.78, 5) is 17.8. The summed E-state index contributed by atoms with van der Waals surface area (Å²) < 4.78 is 16.2. The largest absolute Gasteiger partial charge is 0.493 e. The molecule has 4 rings (SSSR count). The Kier molecular flexibility index (Phi) is 8.00. The monoisotopic (exact) mass is 489 g/mol. The second-order valence-corrected chi connectivity index (χ2v) is 9.11. The van der Waals surface area contributed by atoms with E-state index in [1.807, 2.05) is 14.1 Å². The van der Waals surface area contributed by atoms with Crippen molar-refractivity contribution in [3.05, 3.63) is 82.9 Å². The average Bonchev–Trinajstić information content (AvgIpc) is 2.92. The molecule has 1 amide bonds. The molecule has 7 nitrogen and oxygen atoms in total. The summed E-state index contributed by atoms with van der Waals surface area (Å²) in [5.41, 5.74) is 5.51. The highest BCUT2D eigenvalue weighted by molar-refractivity contribution is 5.95. The molecule has 0 saturated carbocycles. The molecule has 190 valence electrons. The number of carbonyl (C=O) groups excluding carboxylic acids is 1. The number of fused-ring (bicyclic) bond motifs is 1. The highest BCUT2D eigenvalue weighted by atomic mass is 16.5. The summed E-state index contributed by atoms with van der Waals surface area (Å²) in [5, 5.41) is 3.15. The van der Waals surface area contributed by atoms with Gasteiger partial charge in [-0.05, 0) is 47.4 Å². The molecule has 1 heterocycles. The maximum atomic E-state index is 13.3. The van der Waals surface area contributed by atoms with Crippen molar-refractivity contribution in [3.8, 4) is 17.2 Å². The molecule has 1 N–H and O–H groups in total. The van der Waals surface area contributed by atoms with E-state index in [0.717, 1.165) is 25.2 Å². The molecule has 1 atom stereocenters. The lowest BCUT2D eigenvalue weighted by Crippen LogP contribution is -2.40. The van der Waals surface area contributed by atoms with Crippen LogP contribution in [0.1, 0.15) is 33.1 Å². The van der Waals surface area contributed by atoms with Crippen molar-refractivity contribution in [3.63, 3.8) is 0 Å². The van der Waals surface area contributed by atoms with Crippen molar-refractivity contribution in [1.82, 2.24) is 10.2 Å². The first-order valence-corrected chi connectivity index (χ1v) is 12.1. The molecule has 0 saturated heterocycles. The van der Waals surface area contributed by atoms with E-state index in [9.17, 15) is 4.79 Å². The third-order valence-electron chi connectivity index (χ3n) is 6.78. The Morgan fingerprint density at radius 2 is 1.58 bits per heavy atom. The predicted molar refractivity (Wildman–Crippen MR) is 142 cm³/mol. The van der Waals surface area contributed by atoms with Gasteiger partial charge in [0, 0.05) is 45.0 Å². The molecule has 0 unspecified atom stereocenters. The lowest BCUT2D eigenvalue weighted by Gasteiger charge is -2.36. The number of hydrogen-bond acceptors (Lipinski definition) is 6. The fraction of sp³-hybridized carbons (Fsp3) is 0.345. The van der Waals surface area contributed by atoms with Gasteiger partial charge in [0.2, 0.25) is 5.75 Å². The molecule has 0 fully saturated rings. The first-order valence-electron chi connectivity index (χ1n) is 12.1. The van der Waals surface area contributed by atoms with Crippen LogP contribution in [0.3, 0.4) is 0 Å². The molecule has 0 spiro atoms. The minimum Gasteiger partial charge on any atom is -0.493 e. The normalized spacial score (nSPS) is 13.9. The van der Waals surface area contributed by atoms with Crippen molar-refractivity contribution < 1.29 is 19.0 Å². The Bertz CT molecular complexity index is 1170. The summed E-state index contributed by atoms with van der Waals surface area (Å²) >= 11 is 0. The van der Waals surface area contributed by atoms with Gasteiger partial charge in [0.1, 0.15) is 0 Å². The lowest BCUT2D eigenvalue weighted by molar-refractivity contribution is 0.0927. The zero-order valence-corrected chi connectivity index (χ0v) is 21.7. The Morgan fingerprint density at radius 3 is 2.17 bits per heavy atom. The zero-order chi connectivity index (χ0) is 25.7. The van der Waals surface area contributed by atoms with Crippen LogP contribution in [0.5, 0.6) is 17.2 Å². The fourth-order valence-electron chi connectivity index (χ4n) is 4.74. The van der Waals surface area contributed by atoms with Crippen LogP contribution < -0.4 is 24.4 Å². The van der Waals surface area contributed by atoms with Gasteiger partial charge in [-0.3, -0.25) is 9.69 Å². The molecule has 36 heavy (non-hydrogen) atoms.